The zero-order chi connectivity index (χ0) is 17.9. The van der Waals surface area contributed by atoms with Gasteiger partial charge in [0.05, 0.1) is 23.3 Å². The van der Waals surface area contributed by atoms with Crippen LogP contribution in [0.15, 0.2) is 36.4 Å². The zero-order valence-corrected chi connectivity index (χ0v) is 12.2. The molecule has 0 saturated carbocycles. The number of nitrogens with one attached hydrogen (secondary N) is 1. The van der Waals surface area contributed by atoms with Gasteiger partial charge in [-0.25, -0.2) is 13.6 Å². The van der Waals surface area contributed by atoms with Gasteiger partial charge < -0.3 is 10.1 Å². The first-order valence-corrected chi connectivity index (χ1v) is 6.46. The highest BCUT2D eigenvalue weighted by Gasteiger charge is 2.19. The van der Waals surface area contributed by atoms with Crippen LogP contribution in [0.1, 0.15) is 20.7 Å². The van der Waals surface area contributed by atoms with Crippen molar-refractivity contribution in [2.24, 2.45) is 0 Å². The molecule has 1 N–H and O–H groups in total. The zero-order valence-electron chi connectivity index (χ0n) is 12.2. The van der Waals surface area contributed by atoms with Crippen LogP contribution in [0.5, 0.6) is 0 Å². The van der Waals surface area contributed by atoms with Crippen LogP contribution < -0.4 is 5.32 Å². The summed E-state index contributed by atoms with van der Waals surface area (Å²) in [6.07, 6.45) is 0. The molecule has 9 heteroatoms. The minimum absolute atomic E-state index is 0.225. The summed E-state index contributed by atoms with van der Waals surface area (Å²) in [5.41, 5.74) is -1.47. The smallest absolute Gasteiger partial charge is 0.338 e. The van der Waals surface area contributed by atoms with Crippen molar-refractivity contribution >= 4 is 23.3 Å². The molecule has 0 aliphatic rings. The summed E-state index contributed by atoms with van der Waals surface area (Å²) in [6, 6.07) is 5.33. The van der Waals surface area contributed by atoms with Gasteiger partial charge in [-0.2, -0.15) is 0 Å². The van der Waals surface area contributed by atoms with Crippen LogP contribution in [0.3, 0.4) is 0 Å². The predicted molar refractivity (Wildman–Crippen MR) is 78.7 cm³/mol. The molecule has 0 bridgehead atoms. The van der Waals surface area contributed by atoms with Crippen molar-refractivity contribution in [3.05, 3.63) is 69.3 Å². The molecule has 24 heavy (non-hydrogen) atoms. The number of hydrogen-bond acceptors (Lipinski definition) is 5. The Bertz CT molecular complexity index is 839. The summed E-state index contributed by atoms with van der Waals surface area (Å²) in [5.74, 6) is -3.50. The highest BCUT2D eigenvalue weighted by atomic mass is 19.1. The number of ether oxygens (including phenoxy) is 1. The van der Waals surface area contributed by atoms with Crippen LogP contribution in [0.2, 0.25) is 0 Å². The number of halogens is 2. The van der Waals surface area contributed by atoms with E-state index in [9.17, 15) is 28.5 Å². The molecule has 0 aliphatic heterocycles. The number of rotatable bonds is 4. The van der Waals surface area contributed by atoms with Gasteiger partial charge in [0, 0.05) is 23.8 Å². The van der Waals surface area contributed by atoms with Gasteiger partial charge in [0.1, 0.15) is 11.6 Å². The van der Waals surface area contributed by atoms with E-state index in [4.69, 9.17) is 0 Å². The summed E-state index contributed by atoms with van der Waals surface area (Å²) in [5, 5.41) is 13.0. The Balaban J connectivity index is 2.41. The molecule has 0 saturated heterocycles. The SMILES string of the molecule is COC(=O)c1cc(C(=O)Nc2cc(F)ccc2F)cc([N+](=O)[O-])c1. The van der Waals surface area contributed by atoms with Gasteiger partial charge in [-0.05, 0) is 18.2 Å². The fourth-order valence-corrected chi connectivity index (χ4v) is 1.87. The molecule has 0 atom stereocenters. The lowest BCUT2D eigenvalue weighted by Gasteiger charge is -2.08. The number of benzene rings is 2. The van der Waals surface area contributed by atoms with Gasteiger partial charge in [-0.3, -0.25) is 14.9 Å². The Morgan fingerprint density at radius 2 is 1.79 bits per heavy atom. The van der Waals surface area contributed by atoms with Crippen molar-refractivity contribution < 1.29 is 28.0 Å². The highest BCUT2D eigenvalue weighted by Crippen LogP contribution is 2.21. The highest BCUT2D eigenvalue weighted by molar-refractivity contribution is 6.06. The molecule has 0 fully saturated rings. The van der Waals surface area contributed by atoms with Crippen molar-refractivity contribution in [3.8, 4) is 0 Å². The van der Waals surface area contributed by atoms with Gasteiger partial charge >= 0.3 is 5.97 Å². The molecule has 7 nitrogen and oxygen atoms in total. The Morgan fingerprint density at radius 3 is 2.42 bits per heavy atom. The molecule has 2 aromatic carbocycles. The van der Waals surface area contributed by atoms with E-state index in [0.717, 1.165) is 43.5 Å². The molecule has 1 amide bonds. The topological polar surface area (TPSA) is 98.5 Å². The maximum atomic E-state index is 13.6. The lowest BCUT2D eigenvalue weighted by atomic mass is 10.1. The van der Waals surface area contributed by atoms with Crippen molar-refractivity contribution in [3.63, 3.8) is 0 Å². The lowest BCUT2D eigenvalue weighted by molar-refractivity contribution is -0.384. The quantitative estimate of drug-likeness (QED) is 0.526. The number of carbonyl (C=O) groups is 2. The first-order valence-electron chi connectivity index (χ1n) is 6.46. The first-order chi connectivity index (χ1) is 11.3. The van der Waals surface area contributed by atoms with Crippen LogP contribution in [-0.2, 0) is 4.74 Å². The summed E-state index contributed by atoms with van der Waals surface area (Å²) in [6.45, 7) is 0. The molecule has 2 aromatic rings. The van der Waals surface area contributed by atoms with Gasteiger partial charge in [-0.1, -0.05) is 0 Å². The largest absolute Gasteiger partial charge is 0.465 e. The third-order valence-corrected chi connectivity index (χ3v) is 2.99. The number of nitrogens with zero attached hydrogens (tertiary/aromatic N) is 1. The molecule has 0 radical (unpaired) electrons. The number of esters is 1. The number of anilines is 1. The fourth-order valence-electron chi connectivity index (χ4n) is 1.87. The van der Waals surface area contributed by atoms with E-state index >= 15 is 0 Å². The maximum absolute atomic E-state index is 13.6. The number of carbonyl (C=O) groups excluding carboxylic acids is 2. The van der Waals surface area contributed by atoms with Crippen LogP contribution in [0, 0.1) is 21.7 Å². The molecule has 2 rings (SSSR count). The first kappa shape index (κ1) is 17.0. The van der Waals surface area contributed by atoms with E-state index in [0.29, 0.717) is 0 Å². The molecule has 124 valence electrons. The monoisotopic (exact) mass is 336 g/mol. The van der Waals surface area contributed by atoms with E-state index < -0.39 is 39.8 Å². The van der Waals surface area contributed by atoms with E-state index in [2.05, 4.69) is 10.1 Å². The average molecular weight is 336 g/mol. The number of nitro benzene ring substituents is 1. The van der Waals surface area contributed by atoms with E-state index in [-0.39, 0.29) is 11.1 Å². The lowest BCUT2D eigenvalue weighted by Crippen LogP contribution is -2.15. The molecule has 0 spiro atoms. The van der Waals surface area contributed by atoms with Crippen molar-refractivity contribution in [2.45, 2.75) is 0 Å². The predicted octanol–water partition coefficient (Wildman–Crippen LogP) is 2.91. The normalized spacial score (nSPS) is 10.1. The van der Waals surface area contributed by atoms with Crippen LogP contribution in [-0.4, -0.2) is 23.9 Å². The summed E-state index contributed by atoms with van der Waals surface area (Å²) in [7, 11) is 1.07. The Morgan fingerprint density at radius 1 is 1.12 bits per heavy atom. The minimum Gasteiger partial charge on any atom is -0.465 e. The Kier molecular flexibility index (Phi) is 4.83. The van der Waals surface area contributed by atoms with E-state index in [1.165, 1.54) is 0 Å². The van der Waals surface area contributed by atoms with Gasteiger partial charge in [0.2, 0.25) is 0 Å². The second kappa shape index (κ2) is 6.82. The number of non-ortho nitro benzene ring substituents is 1. The minimum atomic E-state index is -0.951. The Labute approximate surface area is 134 Å². The summed E-state index contributed by atoms with van der Waals surface area (Å²) >= 11 is 0. The fraction of sp³-hybridized carbons (Fsp3) is 0.0667. The average Bonchev–Trinajstić information content (AvgIpc) is 2.56. The molecule has 0 unspecified atom stereocenters. The summed E-state index contributed by atoms with van der Waals surface area (Å²) in [4.78, 5) is 33.8. The molecular formula is C15H10F2N2O5. The van der Waals surface area contributed by atoms with Gasteiger partial charge in [-0.15, -0.1) is 0 Å². The molecule has 0 aliphatic carbocycles. The molecule has 0 heterocycles. The standard InChI is InChI=1S/C15H10F2N2O5/c1-24-15(21)9-4-8(5-11(6-9)19(22)23)14(20)18-13-7-10(16)2-3-12(13)17/h2-7H,1H3,(H,18,20). The third kappa shape index (κ3) is 3.69. The van der Waals surface area contributed by atoms with E-state index in [1.54, 1.807) is 0 Å². The Hall–Kier alpha value is -3.36. The van der Waals surface area contributed by atoms with Crippen molar-refractivity contribution in [1.82, 2.24) is 0 Å². The number of hydrogen-bond donors (Lipinski definition) is 1. The van der Waals surface area contributed by atoms with Crippen LogP contribution in [0.25, 0.3) is 0 Å². The number of nitro groups is 1. The molecule has 0 aromatic heterocycles. The van der Waals surface area contributed by atoms with Crippen molar-refractivity contribution in [1.29, 1.82) is 0 Å². The summed E-state index contributed by atoms with van der Waals surface area (Å²) < 4.78 is 31.1. The van der Waals surface area contributed by atoms with Crippen LogP contribution >= 0.6 is 0 Å². The van der Waals surface area contributed by atoms with Crippen molar-refractivity contribution in [2.75, 3.05) is 12.4 Å². The third-order valence-electron chi connectivity index (χ3n) is 2.99. The second-order valence-corrected chi connectivity index (χ2v) is 4.60. The van der Waals surface area contributed by atoms with E-state index in [1.807, 2.05) is 0 Å². The number of methoxy groups -OCH3 is 1. The number of amides is 1. The molecular weight excluding hydrogens is 326 g/mol. The maximum Gasteiger partial charge on any atom is 0.338 e. The second-order valence-electron chi connectivity index (χ2n) is 4.60. The van der Waals surface area contributed by atoms with Gasteiger partial charge in [0.25, 0.3) is 11.6 Å². The van der Waals surface area contributed by atoms with Gasteiger partial charge in [0.15, 0.2) is 0 Å². The van der Waals surface area contributed by atoms with Crippen LogP contribution in [0.4, 0.5) is 20.2 Å².